The number of methoxy groups -OCH3 is 1. The molecule has 0 amide bonds. The zero-order chi connectivity index (χ0) is 22.9. The maximum atomic E-state index is 12.5. The number of carbonyl (C=O) groups is 2. The van der Waals surface area contributed by atoms with E-state index in [1.54, 1.807) is 6.26 Å². The van der Waals surface area contributed by atoms with Gasteiger partial charge in [0.15, 0.2) is 0 Å². The molecule has 0 spiro atoms. The van der Waals surface area contributed by atoms with Crippen LogP contribution in [0.1, 0.15) is 78.6 Å². The smallest absolute Gasteiger partial charge is 0.314 e. The molecule has 1 N–H and O–H groups in total. The molecule has 0 bridgehead atoms. The average Bonchev–Trinajstić information content (AvgIpc) is 3.24. The number of aliphatic hydroxyl groups is 1. The second kappa shape index (κ2) is 7.56. The van der Waals surface area contributed by atoms with E-state index >= 15 is 0 Å². The highest BCUT2D eigenvalue weighted by Crippen LogP contribution is 2.70. The molecule has 6 heteroatoms. The van der Waals surface area contributed by atoms with Gasteiger partial charge >= 0.3 is 11.9 Å². The molecule has 0 aromatic rings. The van der Waals surface area contributed by atoms with Crippen molar-refractivity contribution >= 4 is 11.9 Å². The van der Waals surface area contributed by atoms with Crippen LogP contribution in [0, 0.1) is 34.5 Å². The van der Waals surface area contributed by atoms with Crippen LogP contribution in [0.5, 0.6) is 0 Å². The Labute approximate surface area is 191 Å². The molecule has 0 aromatic carbocycles. The number of carbonyl (C=O) groups excluding carboxylic acids is 2. The van der Waals surface area contributed by atoms with Gasteiger partial charge in [-0.2, -0.15) is 0 Å². The number of hydrogen-bond donors (Lipinski definition) is 1. The normalized spacial score (nSPS) is 50.0. The van der Waals surface area contributed by atoms with Gasteiger partial charge in [-0.3, -0.25) is 9.59 Å². The van der Waals surface area contributed by atoms with Gasteiger partial charge in [0.2, 0.25) is 0 Å². The minimum atomic E-state index is -0.917. The van der Waals surface area contributed by atoms with Gasteiger partial charge < -0.3 is 19.3 Å². The highest BCUT2D eigenvalue weighted by molar-refractivity contribution is 5.76. The fourth-order valence-corrected chi connectivity index (χ4v) is 8.96. The Bertz CT molecular complexity index is 836. The number of fused-ring (bicyclic) bond motifs is 5. The zero-order valence-corrected chi connectivity index (χ0v) is 19.9. The molecule has 9 unspecified atom stereocenters. The Kier molecular flexibility index (Phi) is 5.29. The topological polar surface area (TPSA) is 82.1 Å². The molecule has 32 heavy (non-hydrogen) atoms. The lowest BCUT2D eigenvalue weighted by molar-refractivity contribution is -0.209. The third-order valence-electron chi connectivity index (χ3n) is 10.5. The van der Waals surface area contributed by atoms with Crippen LogP contribution in [0.4, 0.5) is 0 Å². The third-order valence-corrected chi connectivity index (χ3v) is 10.5. The molecule has 4 aliphatic carbocycles. The lowest BCUT2D eigenvalue weighted by Gasteiger charge is -2.63. The van der Waals surface area contributed by atoms with Gasteiger partial charge in [0.1, 0.15) is 6.10 Å². The summed E-state index contributed by atoms with van der Waals surface area (Å²) in [6.07, 6.45) is 9.57. The Balaban J connectivity index is 1.49. The predicted octanol–water partition coefficient (Wildman–Crippen LogP) is 4.15. The molecular formula is C26H38O6. The van der Waals surface area contributed by atoms with Crippen LogP contribution in [0.3, 0.4) is 0 Å². The summed E-state index contributed by atoms with van der Waals surface area (Å²) in [6, 6.07) is 0. The summed E-state index contributed by atoms with van der Waals surface area (Å²) in [4.78, 5) is 23.9. The van der Waals surface area contributed by atoms with E-state index < -0.39 is 17.1 Å². The predicted molar refractivity (Wildman–Crippen MR) is 117 cm³/mol. The largest absolute Gasteiger partial charge is 0.462 e. The maximum absolute atomic E-state index is 12.5. The molecule has 1 aliphatic heterocycles. The molecule has 6 nitrogen and oxygen atoms in total. The van der Waals surface area contributed by atoms with E-state index in [1.807, 2.05) is 7.11 Å². The molecule has 5 aliphatic rings. The number of hydrogen-bond acceptors (Lipinski definition) is 6. The van der Waals surface area contributed by atoms with Gasteiger partial charge in [-0.25, -0.2) is 0 Å². The monoisotopic (exact) mass is 446 g/mol. The van der Waals surface area contributed by atoms with Crippen molar-refractivity contribution in [2.75, 3.05) is 7.11 Å². The third kappa shape index (κ3) is 3.04. The van der Waals surface area contributed by atoms with Crippen LogP contribution in [0.15, 0.2) is 11.8 Å². The highest BCUT2D eigenvalue weighted by Gasteiger charge is 2.71. The van der Waals surface area contributed by atoms with E-state index in [9.17, 15) is 14.7 Å². The second-order valence-electron chi connectivity index (χ2n) is 11.7. The standard InChI is InChI=1S/C26H38O6/c1-15(27)32-21-13-26(29)20-6-5-17-12-18(30-4)7-9-24(17,2)19(20)8-10-25(26,3)23(21)16-11-22(28)31-14-16/h14,17-21,23,29H,5-13H2,1-4H3. The maximum Gasteiger partial charge on any atom is 0.314 e. The van der Waals surface area contributed by atoms with Crippen LogP contribution in [-0.4, -0.2) is 42.0 Å². The van der Waals surface area contributed by atoms with Gasteiger partial charge in [-0.1, -0.05) is 13.8 Å². The number of cyclic esters (lactones) is 1. The minimum Gasteiger partial charge on any atom is -0.462 e. The molecule has 0 radical (unpaired) electrons. The molecule has 4 fully saturated rings. The lowest BCUT2D eigenvalue weighted by atomic mass is 9.43. The van der Waals surface area contributed by atoms with Crippen LogP contribution in [0.2, 0.25) is 0 Å². The van der Waals surface area contributed by atoms with Gasteiger partial charge in [-0.15, -0.1) is 0 Å². The lowest BCUT2D eigenvalue weighted by Crippen LogP contribution is -2.62. The summed E-state index contributed by atoms with van der Waals surface area (Å²) < 4.78 is 16.7. The average molecular weight is 447 g/mol. The van der Waals surface area contributed by atoms with Crippen molar-refractivity contribution in [3.05, 3.63) is 11.8 Å². The first-order valence-corrected chi connectivity index (χ1v) is 12.4. The molecule has 9 atom stereocenters. The van der Waals surface area contributed by atoms with Crippen LogP contribution >= 0.6 is 0 Å². The molecular weight excluding hydrogens is 408 g/mol. The Morgan fingerprint density at radius 3 is 2.59 bits per heavy atom. The van der Waals surface area contributed by atoms with Crippen molar-refractivity contribution in [1.29, 1.82) is 0 Å². The van der Waals surface area contributed by atoms with E-state index in [4.69, 9.17) is 14.2 Å². The van der Waals surface area contributed by atoms with Gasteiger partial charge in [-0.05, 0) is 73.7 Å². The molecule has 5 rings (SSSR count). The molecule has 4 saturated carbocycles. The van der Waals surface area contributed by atoms with Crippen molar-refractivity contribution in [3.8, 4) is 0 Å². The summed E-state index contributed by atoms with van der Waals surface area (Å²) in [5, 5.41) is 12.5. The van der Waals surface area contributed by atoms with E-state index in [0.29, 0.717) is 24.4 Å². The zero-order valence-electron chi connectivity index (χ0n) is 19.9. The summed E-state index contributed by atoms with van der Waals surface area (Å²) in [7, 11) is 1.83. The fourth-order valence-electron chi connectivity index (χ4n) is 8.96. The van der Waals surface area contributed by atoms with Crippen LogP contribution < -0.4 is 0 Å². The summed E-state index contributed by atoms with van der Waals surface area (Å²) in [6.45, 7) is 6.05. The first-order chi connectivity index (χ1) is 15.1. The van der Waals surface area contributed by atoms with Crippen molar-refractivity contribution in [1.82, 2.24) is 0 Å². The molecule has 0 aromatic heterocycles. The van der Waals surface area contributed by atoms with Crippen LogP contribution in [0.25, 0.3) is 0 Å². The van der Waals surface area contributed by atoms with E-state index in [2.05, 4.69) is 13.8 Å². The molecule has 178 valence electrons. The quantitative estimate of drug-likeness (QED) is 0.656. The van der Waals surface area contributed by atoms with E-state index in [0.717, 1.165) is 50.5 Å². The van der Waals surface area contributed by atoms with Gasteiger partial charge in [0, 0.05) is 31.8 Å². The van der Waals surface area contributed by atoms with Crippen molar-refractivity contribution in [2.24, 2.45) is 34.5 Å². The van der Waals surface area contributed by atoms with Crippen molar-refractivity contribution in [3.63, 3.8) is 0 Å². The van der Waals surface area contributed by atoms with Crippen molar-refractivity contribution < 1.29 is 28.9 Å². The van der Waals surface area contributed by atoms with Crippen LogP contribution in [-0.2, 0) is 23.8 Å². The minimum absolute atomic E-state index is 0.182. The SMILES string of the molecule is COC1CCC2(C)C(CCC3C2CCC2(C)C(C4=COC(=O)C4)C(OC(C)=O)CC32O)C1. The Hall–Kier alpha value is -1.40. The number of ether oxygens (including phenoxy) is 3. The Morgan fingerprint density at radius 2 is 1.94 bits per heavy atom. The highest BCUT2D eigenvalue weighted by atomic mass is 16.5. The number of rotatable bonds is 3. The van der Waals surface area contributed by atoms with Gasteiger partial charge in [0.05, 0.1) is 24.4 Å². The van der Waals surface area contributed by atoms with E-state index in [1.165, 1.54) is 6.92 Å². The first kappa shape index (κ1) is 22.4. The summed E-state index contributed by atoms with van der Waals surface area (Å²) in [5.41, 5.74) is -0.269. The molecule has 0 saturated heterocycles. The second-order valence-corrected chi connectivity index (χ2v) is 11.7. The summed E-state index contributed by atoms with van der Waals surface area (Å²) >= 11 is 0. The summed E-state index contributed by atoms with van der Waals surface area (Å²) in [5.74, 6) is 0.505. The Morgan fingerprint density at radius 1 is 1.16 bits per heavy atom. The fraction of sp³-hybridized carbons (Fsp3) is 0.846. The number of esters is 2. The molecule has 1 heterocycles. The van der Waals surface area contributed by atoms with E-state index in [-0.39, 0.29) is 35.6 Å². The van der Waals surface area contributed by atoms with Crippen molar-refractivity contribution in [2.45, 2.75) is 96.4 Å². The van der Waals surface area contributed by atoms with Gasteiger partial charge in [0.25, 0.3) is 0 Å². The first-order valence-electron chi connectivity index (χ1n) is 12.4.